The van der Waals surface area contributed by atoms with E-state index < -0.39 is 0 Å². The Balaban J connectivity index is 2.89. The molecule has 12 heavy (non-hydrogen) atoms. The molecule has 0 spiro atoms. The van der Waals surface area contributed by atoms with Crippen LogP contribution in [0.4, 0.5) is 0 Å². The predicted molar refractivity (Wildman–Crippen MR) is 50.7 cm³/mol. The fourth-order valence-corrected chi connectivity index (χ4v) is 1.66. The van der Waals surface area contributed by atoms with Crippen molar-refractivity contribution in [2.24, 2.45) is 0 Å². The van der Waals surface area contributed by atoms with Gasteiger partial charge in [0, 0.05) is 10.9 Å². The molecule has 2 nitrogen and oxygen atoms in total. The summed E-state index contributed by atoms with van der Waals surface area (Å²) in [6.45, 7) is 0. The molecule has 0 amide bonds. The first kappa shape index (κ1) is 7.38. The Morgan fingerprint density at radius 2 is 2.25 bits per heavy atom. The molecule has 3 heteroatoms. The van der Waals surface area contributed by atoms with Crippen molar-refractivity contribution in [3.05, 3.63) is 34.4 Å². The van der Waals surface area contributed by atoms with E-state index in [2.05, 4.69) is 27.0 Å². The third-order valence-electron chi connectivity index (χ3n) is 1.75. The van der Waals surface area contributed by atoms with Crippen LogP contribution in [-0.4, -0.2) is 4.98 Å². The summed E-state index contributed by atoms with van der Waals surface area (Å²) in [5.41, 5.74) is 1.69. The minimum atomic E-state index is 0.703. The second-order valence-corrected chi connectivity index (χ2v) is 3.35. The Kier molecular flexibility index (Phi) is 1.63. The third kappa shape index (κ3) is 1.01. The van der Waals surface area contributed by atoms with Crippen LogP contribution in [0.15, 0.2) is 28.9 Å². The number of nitriles is 1. The monoisotopic (exact) mass is 220 g/mol. The number of H-pyrrole nitrogens is 1. The molecule has 1 N–H and O–H groups in total. The van der Waals surface area contributed by atoms with E-state index in [0.717, 1.165) is 15.5 Å². The molecule has 0 radical (unpaired) electrons. The highest BCUT2D eigenvalue weighted by Crippen LogP contribution is 2.21. The molecule has 0 aliphatic heterocycles. The lowest BCUT2D eigenvalue weighted by atomic mass is 10.1. The molecule has 2 aromatic rings. The molecule has 0 saturated carbocycles. The summed E-state index contributed by atoms with van der Waals surface area (Å²) in [5.74, 6) is 0. The molecule has 0 aliphatic rings. The van der Waals surface area contributed by atoms with Crippen LogP contribution in [0.5, 0.6) is 0 Å². The van der Waals surface area contributed by atoms with E-state index >= 15 is 0 Å². The molecule has 0 unspecified atom stereocenters. The average Bonchev–Trinajstić information content (AvgIpc) is 2.44. The number of aromatic nitrogens is 1. The van der Waals surface area contributed by atoms with Gasteiger partial charge in [0.15, 0.2) is 0 Å². The molecular weight excluding hydrogens is 216 g/mol. The van der Waals surface area contributed by atoms with Crippen LogP contribution in [0.2, 0.25) is 0 Å². The first-order valence-corrected chi connectivity index (χ1v) is 4.28. The van der Waals surface area contributed by atoms with Gasteiger partial charge in [0.05, 0.1) is 16.2 Å². The highest BCUT2D eigenvalue weighted by atomic mass is 79.9. The van der Waals surface area contributed by atoms with Gasteiger partial charge in [0.2, 0.25) is 0 Å². The number of nitrogens with zero attached hydrogens (tertiary/aromatic N) is 1. The van der Waals surface area contributed by atoms with Gasteiger partial charge in [-0.1, -0.05) is 6.07 Å². The molecule has 0 atom stereocenters. The highest BCUT2D eigenvalue weighted by Gasteiger charge is 2.01. The van der Waals surface area contributed by atoms with E-state index in [1.165, 1.54) is 0 Å². The lowest BCUT2D eigenvalue weighted by molar-refractivity contribution is 1.41. The fourth-order valence-electron chi connectivity index (χ4n) is 1.22. The Labute approximate surface area is 77.9 Å². The zero-order valence-corrected chi connectivity index (χ0v) is 7.72. The number of aromatic amines is 1. The van der Waals surface area contributed by atoms with Gasteiger partial charge in [0.25, 0.3) is 0 Å². The van der Waals surface area contributed by atoms with Crippen LogP contribution in [0.25, 0.3) is 10.9 Å². The van der Waals surface area contributed by atoms with Crippen LogP contribution in [0.3, 0.4) is 0 Å². The van der Waals surface area contributed by atoms with E-state index in [9.17, 15) is 0 Å². The zero-order valence-electron chi connectivity index (χ0n) is 6.13. The number of hydrogen-bond donors (Lipinski definition) is 1. The predicted octanol–water partition coefficient (Wildman–Crippen LogP) is 2.80. The maximum atomic E-state index is 8.77. The summed E-state index contributed by atoms with van der Waals surface area (Å²) in [7, 11) is 0. The van der Waals surface area contributed by atoms with Gasteiger partial charge >= 0.3 is 0 Å². The maximum Gasteiger partial charge on any atom is 0.0998 e. The molecule has 0 saturated heterocycles. The van der Waals surface area contributed by atoms with Gasteiger partial charge in [-0.3, -0.25) is 0 Å². The molecule has 58 valence electrons. The van der Waals surface area contributed by atoms with Crippen molar-refractivity contribution in [1.29, 1.82) is 5.26 Å². The average molecular weight is 221 g/mol. The maximum absolute atomic E-state index is 8.77. The second-order valence-electron chi connectivity index (χ2n) is 2.50. The molecular formula is C9H5BrN2. The van der Waals surface area contributed by atoms with Crippen molar-refractivity contribution >= 4 is 26.8 Å². The highest BCUT2D eigenvalue weighted by molar-refractivity contribution is 9.10. The molecule has 0 bridgehead atoms. The largest absolute Gasteiger partial charge is 0.349 e. The van der Waals surface area contributed by atoms with Crippen molar-refractivity contribution < 1.29 is 0 Å². The van der Waals surface area contributed by atoms with E-state index in [4.69, 9.17) is 5.26 Å². The molecule has 1 aromatic carbocycles. The summed E-state index contributed by atoms with van der Waals surface area (Å²) < 4.78 is 0.903. The van der Waals surface area contributed by atoms with Gasteiger partial charge in [-0.2, -0.15) is 5.26 Å². The lowest BCUT2D eigenvalue weighted by Crippen LogP contribution is -1.73. The fraction of sp³-hybridized carbons (Fsp3) is 0. The number of hydrogen-bond acceptors (Lipinski definition) is 1. The zero-order chi connectivity index (χ0) is 8.55. The van der Waals surface area contributed by atoms with Crippen molar-refractivity contribution in [2.45, 2.75) is 0 Å². The molecule has 1 aromatic heterocycles. The summed E-state index contributed by atoms with van der Waals surface area (Å²) >= 11 is 3.32. The first-order chi connectivity index (χ1) is 5.81. The van der Waals surface area contributed by atoms with Crippen LogP contribution >= 0.6 is 15.9 Å². The number of halogens is 1. The van der Waals surface area contributed by atoms with Gasteiger partial charge in [-0.25, -0.2) is 0 Å². The second kappa shape index (κ2) is 2.65. The van der Waals surface area contributed by atoms with Gasteiger partial charge in [0.1, 0.15) is 0 Å². The number of benzene rings is 1. The molecule has 0 aliphatic carbocycles. The van der Waals surface area contributed by atoms with Gasteiger partial charge in [-0.15, -0.1) is 0 Å². The Morgan fingerprint density at radius 1 is 1.42 bits per heavy atom. The van der Waals surface area contributed by atoms with Crippen LogP contribution < -0.4 is 0 Å². The summed E-state index contributed by atoms with van der Waals surface area (Å²) in [6.07, 6.45) is 0. The van der Waals surface area contributed by atoms with E-state index in [-0.39, 0.29) is 0 Å². The SMILES string of the molecule is N#Cc1cccc2[nH]c(Br)cc12. The topological polar surface area (TPSA) is 39.6 Å². The minimum absolute atomic E-state index is 0.703. The minimum Gasteiger partial charge on any atom is -0.349 e. The van der Waals surface area contributed by atoms with Gasteiger partial charge in [-0.05, 0) is 34.1 Å². The van der Waals surface area contributed by atoms with E-state index in [0.29, 0.717) is 5.56 Å². The Hall–Kier alpha value is -1.27. The quantitative estimate of drug-likeness (QED) is 0.729. The molecule has 1 heterocycles. The number of nitrogens with one attached hydrogen (secondary N) is 1. The van der Waals surface area contributed by atoms with Crippen molar-refractivity contribution in [1.82, 2.24) is 4.98 Å². The third-order valence-corrected chi connectivity index (χ3v) is 2.18. The summed E-state index contributed by atoms with van der Waals surface area (Å²) in [6, 6.07) is 9.67. The van der Waals surface area contributed by atoms with Crippen LogP contribution in [0.1, 0.15) is 5.56 Å². The Bertz CT molecular complexity index is 465. The molecule has 2 rings (SSSR count). The first-order valence-electron chi connectivity index (χ1n) is 3.48. The smallest absolute Gasteiger partial charge is 0.0998 e. The van der Waals surface area contributed by atoms with Crippen molar-refractivity contribution in [3.63, 3.8) is 0 Å². The van der Waals surface area contributed by atoms with Crippen LogP contribution in [0, 0.1) is 11.3 Å². The Morgan fingerprint density at radius 3 is 3.00 bits per heavy atom. The number of fused-ring (bicyclic) bond motifs is 1. The van der Waals surface area contributed by atoms with Crippen LogP contribution in [-0.2, 0) is 0 Å². The summed E-state index contributed by atoms with van der Waals surface area (Å²) in [5, 5.41) is 9.73. The summed E-state index contributed by atoms with van der Waals surface area (Å²) in [4.78, 5) is 3.10. The normalized spacial score (nSPS) is 10.0. The molecule has 0 fully saturated rings. The van der Waals surface area contributed by atoms with E-state index in [1.54, 1.807) is 0 Å². The van der Waals surface area contributed by atoms with E-state index in [1.807, 2.05) is 24.3 Å². The van der Waals surface area contributed by atoms with Crippen molar-refractivity contribution in [3.8, 4) is 6.07 Å². The lowest BCUT2D eigenvalue weighted by Gasteiger charge is -1.89. The number of rotatable bonds is 0. The van der Waals surface area contributed by atoms with Crippen molar-refractivity contribution in [2.75, 3.05) is 0 Å². The standard InChI is InChI=1S/C9H5BrN2/c10-9-4-7-6(5-11)2-1-3-8(7)12-9/h1-4,12H. The van der Waals surface area contributed by atoms with Gasteiger partial charge < -0.3 is 4.98 Å².